The van der Waals surface area contributed by atoms with Crippen LogP contribution in [0.1, 0.15) is 0 Å². The van der Waals surface area contributed by atoms with Crippen molar-refractivity contribution in [1.82, 2.24) is 5.32 Å². The molecule has 0 aliphatic heterocycles. The highest BCUT2D eigenvalue weighted by atomic mass is 16.5. The standard InChI is InChI=1S/C11H16N2O4/c1-15-7-12-11(14)13-9-5-4-8(16-2)6-10(9)17-3/h4-6H,7H2,1-3H3,(H2,12,13,14). The summed E-state index contributed by atoms with van der Waals surface area (Å²) in [5.41, 5.74) is 0.557. The lowest BCUT2D eigenvalue weighted by atomic mass is 10.2. The SMILES string of the molecule is COCNC(=O)Nc1ccc(OC)cc1OC. The Balaban J connectivity index is 2.73. The Hall–Kier alpha value is -1.95. The van der Waals surface area contributed by atoms with Crippen molar-refractivity contribution in [2.75, 3.05) is 33.4 Å². The van der Waals surface area contributed by atoms with Crippen LogP contribution in [-0.2, 0) is 4.74 Å². The zero-order valence-electron chi connectivity index (χ0n) is 10.1. The number of rotatable bonds is 5. The highest BCUT2D eigenvalue weighted by molar-refractivity contribution is 5.90. The Morgan fingerprint density at radius 3 is 2.59 bits per heavy atom. The van der Waals surface area contributed by atoms with E-state index in [4.69, 9.17) is 14.2 Å². The molecule has 6 heteroatoms. The van der Waals surface area contributed by atoms with E-state index in [1.807, 2.05) is 0 Å². The number of methoxy groups -OCH3 is 3. The summed E-state index contributed by atoms with van der Waals surface area (Å²) < 4.78 is 14.9. The van der Waals surface area contributed by atoms with Crippen LogP contribution < -0.4 is 20.1 Å². The number of ether oxygens (including phenoxy) is 3. The largest absolute Gasteiger partial charge is 0.497 e. The summed E-state index contributed by atoms with van der Waals surface area (Å²) >= 11 is 0. The molecule has 0 bridgehead atoms. The third kappa shape index (κ3) is 3.84. The Bertz CT molecular complexity index is 382. The molecule has 6 nitrogen and oxygen atoms in total. The summed E-state index contributed by atoms with van der Waals surface area (Å²) in [6.07, 6.45) is 0. The zero-order valence-corrected chi connectivity index (χ0v) is 10.1. The molecule has 0 spiro atoms. The van der Waals surface area contributed by atoms with Gasteiger partial charge in [-0.2, -0.15) is 0 Å². The first-order valence-electron chi connectivity index (χ1n) is 4.97. The van der Waals surface area contributed by atoms with Crippen LogP contribution in [-0.4, -0.2) is 34.1 Å². The van der Waals surface area contributed by atoms with Crippen molar-refractivity contribution in [2.24, 2.45) is 0 Å². The van der Waals surface area contributed by atoms with Gasteiger partial charge in [-0.1, -0.05) is 0 Å². The molecule has 0 radical (unpaired) electrons. The van der Waals surface area contributed by atoms with Crippen molar-refractivity contribution in [3.63, 3.8) is 0 Å². The predicted molar refractivity (Wildman–Crippen MR) is 63.6 cm³/mol. The molecule has 0 heterocycles. The van der Waals surface area contributed by atoms with Crippen LogP contribution in [0.25, 0.3) is 0 Å². The molecule has 2 amide bonds. The Morgan fingerprint density at radius 2 is 2.00 bits per heavy atom. The highest BCUT2D eigenvalue weighted by Crippen LogP contribution is 2.28. The van der Waals surface area contributed by atoms with Crippen LogP contribution in [0, 0.1) is 0 Å². The van der Waals surface area contributed by atoms with Crippen molar-refractivity contribution >= 4 is 11.7 Å². The number of hydrogen-bond acceptors (Lipinski definition) is 4. The Labute approximate surface area is 99.9 Å². The molecule has 1 rings (SSSR count). The zero-order chi connectivity index (χ0) is 12.7. The molecule has 94 valence electrons. The van der Waals surface area contributed by atoms with Gasteiger partial charge in [0.1, 0.15) is 18.2 Å². The fraction of sp³-hybridized carbons (Fsp3) is 0.364. The molecule has 0 fully saturated rings. The minimum atomic E-state index is -0.365. The summed E-state index contributed by atoms with van der Waals surface area (Å²) in [6.45, 7) is 0.143. The Morgan fingerprint density at radius 1 is 1.24 bits per heavy atom. The molecule has 17 heavy (non-hydrogen) atoms. The van der Waals surface area contributed by atoms with E-state index in [1.165, 1.54) is 14.2 Å². The van der Waals surface area contributed by atoms with E-state index in [0.717, 1.165) is 0 Å². The predicted octanol–water partition coefficient (Wildman–Crippen LogP) is 1.43. The summed E-state index contributed by atoms with van der Waals surface area (Å²) in [5.74, 6) is 1.18. The lowest BCUT2D eigenvalue weighted by Crippen LogP contribution is -2.30. The maximum absolute atomic E-state index is 11.4. The molecular weight excluding hydrogens is 224 g/mol. The number of hydrogen-bond donors (Lipinski definition) is 2. The van der Waals surface area contributed by atoms with E-state index < -0.39 is 0 Å². The fourth-order valence-corrected chi connectivity index (χ4v) is 1.21. The van der Waals surface area contributed by atoms with E-state index in [0.29, 0.717) is 17.2 Å². The van der Waals surface area contributed by atoms with Gasteiger partial charge in [0.05, 0.1) is 19.9 Å². The van der Waals surface area contributed by atoms with Gasteiger partial charge in [-0.25, -0.2) is 4.79 Å². The summed E-state index contributed by atoms with van der Waals surface area (Å²) in [5, 5.41) is 5.14. The molecular formula is C11H16N2O4. The average molecular weight is 240 g/mol. The molecule has 0 aromatic heterocycles. The molecule has 0 aliphatic carbocycles. The van der Waals surface area contributed by atoms with Gasteiger partial charge < -0.3 is 24.8 Å². The fourth-order valence-electron chi connectivity index (χ4n) is 1.21. The minimum Gasteiger partial charge on any atom is -0.497 e. The van der Waals surface area contributed by atoms with Crippen LogP contribution >= 0.6 is 0 Å². The van der Waals surface area contributed by atoms with E-state index in [1.54, 1.807) is 25.3 Å². The number of nitrogens with one attached hydrogen (secondary N) is 2. The summed E-state index contributed by atoms with van der Waals surface area (Å²) in [6, 6.07) is 4.75. The molecule has 0 saturated carbocycles. The second kappa shape index (κ2) is 6.59. The third-order valence-electron chi connectivity index (χ3n) is 2.03. The maximum Gasteiger partial charge on any atom is 0.321 e. The van der Waals surface area contributed by atoms with Crippen LogP contribution in [0.5, 0.6) is 11.5 Å². The monoisotopic (exact) mass is 240 g/mol. The van der Waals surface area contributed by atoms with Gasteiger partial charge in [0.2, 0.25) is 0 Å². The van der Waals surface area contributed by atoms with Crippen LogP contribution in [0.3, 0.4) is 0 Å². The Kier molecular flexibility index (Phi) is 5.09. The minimum absolute atomic E-state index is 0.143. The van der Waals surface area contributed by atoms with Crippen molar-refractivity contribution in [3.8, 4) is 11.5 Å². The van der Waals surface area contributed by atoms with Crippen LogP contribution in [0.4, 0.5) is 10.5 Å². The molecule has 0 unspecified atom stereocenters. The molecule has 1 aromatic carbocycles. The number of urea groups is 1. The second-order valence-corrected chi connectivity index (χ2v) is 3.13. The van der Waals surface area contributed by atoms with Gasteiger partial charge in [-0.3, -0.25) is 0 Å². The maximum atomic E-state index is 11.4. The van der Waals surface area contributed by atoms with Gasteiger partial charge in [-0.15, -0.1) is 0 Å². The second-order valence-electron chi connectivity index (χ2n) is 3.13. The summed E-state index contributed by atoms with van der Waals surface area (Å²) in [7, 11) is 4.58. The average Bonchev–Trinajstić information content (AvgIpc) is 2.36. The van der Waals surface area contributed by atoms with Crippen molar-refractivity contribution in [1.29, 1.82) is 0 Å². The number of benzene rings is 1. The first-order chi connectivity index (χ1) is 8.21. The molecule has 2 N–H and O–H groups in total. The van der Waals surface area contributed by atoms with E-state index in [2.05, 4.69) is 10.6 Å². The van der Waals surface area contributed by atoms with Gasteiger partial charge >= 0.3 is 6.03 Å². The van der Waals surface area contributed by atoms with E-state index in [-0.39, 0.29) is 12.8 Å². The van der Waals surface area contributed by atoms with Gasteiger partial charge in [0.25, 0.3) is 0 Å². The smallest absolute Gasteiger partial charge is 0.321 e. The first-order valence-corrected chi connectivity index (χ1v) is 4.97. The van der Waals surface area contributed by atoms with Crippen molar-refractivity contribution < 1.29 is 19.0 Å². The van der Waals surface area contributed by atoms with Crippen molar-refractivity contribution in [2.45, 2.75) is 0 Å². The van der Waals surface area contributed by atoms with E-state index in [9.17, 15) is 4.79 Å². The quantitative estimate of drug-likeness (QED) is 0.764. The lowest BCUT2D eigenvalue weighted by molar-refractivity contribution is 0.177. The highest BCUT2D eigenvalue weighted by Gasteiger charge is 2.07. The number of amides is 2. The molecule has 0 atom stereocenters. The molecule has 0 saturated heterocycles. The van der Waals surface area contributed by atoms with Crippen molar-refractivity contribution in [3.05, 3.63) is 18.2 Å². The first kappa shape index (κ1) is 13.1. The number of carbonyl (C=O) groups excluding carboxylic acids is 1. The van der Waals surface area contributed by atoms with Gasteiger partial charge in [0, 0.05) is 13.2 Å². The van der Waals surface area contributed by atoms with Gasteiger partial charge in [0.15, 0.2) is 0 Å². The van der Waals surface area contributed by atoms with Crippen LogP contribution in [0.15, 0.2) is 18.2 Å². The van der Waals surface area contributed by atoms with E-state index >= 15 is 0 Å². The normalized spacial score (nSPS) is 9.59. The molecule has 1 aromatic rings. The lowest BCUT2D eigenvalue weighted by Gasteiger charge is -2.11. The topological polar surface area (TPSA) is 68.8 Å². The molecule has 0 aliphatic rings. The summed E-state index contributed by atoms with van der Waals surface area (Å²) in [4.78, 5) is 11.4. The number of carbonyl (C=O) groups is 1. The third-order valence-corrected chi connectivity index (χ3v) is 2.03. The van der Waals surface area contributed by atoms with Gasteiger partial charge in [-0.05, 0) is 12.1 Å². The van der Waals surface area contributed by atoms with Crippen LogP contribution in [0.2, 0.25) is 0 Å². The number of anilines is 1.